The number of hydrogen-bond donors (Lipinski definition) is 0. The molecule has 1 rings (SSSR count). The summed E-state index contributed by atoms with van der Waals surface area (Å²) in [6.07, 6.45) is 3.25. The van der Waals surface area contributed by atoms with E-state index in [0.717, 1.165) is 12.8 Å². The van der Waals surface area contributed by atoms with Crippen LogP contribution in [0.25, 0.3) is 5.53 Å². The van der Waals surface area contributed by atoms with Crippen molar-refractivity contribution in [3.05, 3.63) is 5.53 Å². The molecule has 0 radical (unpaired) electrons. The minimum atomic E-state index is -0.0979. The number of carbonyl (C=O) groups is 1. The van der Waals surface area contributed by atoms with E-state index in [0.29, 0.717) is 19.3 Å². The fraction of sp³-hybridized carbons (Fsp3) is 0.667. The molecular formula is C9H11N3O. The zero-order chi connectivity index (χ0) is 9.68. The highest BCUT2D eigenvalue weighted by Crippen LogP contribution is 2.22. The molecule has 1 atom stereocenters. The average Bonchev–Trinajstić information content (AvgIpc) is 2.16. The Morgan fingerprint density at radius 2 is 2.46 bits per heavy atom. The molecule has 0 N–H and O–H groups in total. The Balaban J connectivity index is 2.61. The maximum Gasteiger partial charge on any atom is 0.334 e. The molecule has 0 heterocycles. The molecule has 1 unspecified atom stereocenters. The van der Waals surface area contributed by atoms with E-state index >= 15 is 0 Å². The number of nitriles is 1. The van der Waals surface area contributed by atoms with Crippen LogP contribution in [-0.4, -0.2) is 16.3 Å². The van der Waals surface area contributed by atoms with Gasteiger partial charge in [-0.25, -0.2) is 0 Å². The van der Waals surface area contributed by atoms with E-state index in [-0.39, 0.29) is 17.4 Å². The minimum Gasteiger partial charge on any atom is -0.361 e. The van der Waals surface area contributed by atoms with Gasteiger partial charge in [-0.2, -0.15) is 10.1 Å². The highest BCUT2D eigenvalue weighted by Gasteiger charge is 2.32. The van der Waals surface area contributed by atoms with Gasteiger partial charge in [0.1, 0.15) is 0 Å². The number of nitrogens with zero attached hydrogens (tertiary/aromatic N) is 3. The number of carbonyl (C=O) groups excluding carboxylic acids is 1. The highest BCUT2D eigenvalue weighted by atomic mass is 16.1. The van der Waals surface area contributed by atoms with Gasteiger partial charge < -0.3 is 5.53 Å². The van der Waals surface area contributed by atoms with Gasteiger partial charge in [0.15, 0.2) is 0 Å². The molecule has 0 aromatic carbocycles. The second kappa shape index (κ2) is 4.54. The Morgan fingerprint density at radius 1 is 1.69 bits per heavy atom. The fourth-order valence-electron chi connectivity index (χ4n) is 1.62. The van der Waals surface area contributed by atoms with Crippen molar-refractivity contribution in [1.29, 1.82) is 5.26 Å². The summed E-state index contributed by atoms with van der Waals surface area (Å²) in [5, 5.41) is 8.37. The lowest BCUT2D eigenvalue weighted by atomic mass is 9.84. The Labute approximate surface area is 76.8 Å². The Hall–Kier alpha value is -1.46. The van der Waals surface area contributed by atoms with Crippen LogP contribution in [0.4, 0.5) is 0 Å². The molecule has 1 aliphatic carbocycles. The van der Waals surface area contributed by atoms with E-state index in [1.54, 1.807) is 0 Å². The number of ketones is 1. The summed E-state index contributed by atoms with van der Waals surface area (Å²) in [4.78, 5) is 14.4. The molecule has 0 saturated heterocycles. The van der Waals surface area contributed by atoms with Crippen LogP contribution < -0.4 is 0 Å². The Kier molecular flexibility index (Phi) is 3.36. The molecule has 1 aliphatic rings. The number of hydrogen-bond acceptors (Lipinski definition) is 2. The van der Waals surface area contributed by atoms with Crippen molar-refractivity contribution in [2.45, 2.75) is 32.1 Å². The molecule has 0 bridgehead atoms. The van der Waals surface area contributed by atoms with Gasteiger partial charge in [0.2, 0.25) is 5.78 Å². The molecule has 0 aromatic rings. The van der Waals surface area contributed by atoms with Gasteiger partial charge in [0, 0.05) is 12.3 Å². The predicted octanol–water partition coefficient (Wildman–Crippen LogP) is 1.33. The molecule has 68 valence electrons. The molecule has 4 heteroatoms. The molecule has 0 spiro atoms. The van der Waals surface area contributed by atoms with Gasteiger partial charge in [-0.05, 0) is 19.3 Å². The summed E-state index contributed by atoms with van der Waals surface area (Å²) >= 11 is 0. The summed E-state index contributed by atoms with van der Waals surface area (Å²) in [7, 11) is 0. The molecule has 13 heavy (non-hydrogen) atoms. The average molecular weight is 177 g/mol. The highest BCUT2D eigenvalue weighted by molar-refractivity contribution is 6.38. The maximum atomic E-state index is 11.5. The van der Waals surface area contributed by atoms with E-state index in [1.807, 2.05) is 6.07 Å². The van der Waals surface area contributed by atoms with Crippen LogP contribution in [0.15, 0.2) is 0 Å². The fourth-order valence-corrected chi connectivity index (χ4v) is 1.62. The van der Waals surface area contributed by atoms with Gasteiger partial charge in [-0.15, -0.1) is 0 Å². The van der Waals surface area contributed by atoms with E-state index < -0.39 is 0 Å². The van der Waals surface area contributed by atoms with Crippen molar-refractivity contribution in [2.24, 2.45) is 5.92 Å². The summed E-state index contributed by atoms with van der Waals surface area (Å²) in [5.74, 6) is -0.177. The van der Waals surface area contributed by atoms with Crippen LogP contribution in [0.1, 0.15) is 32.1 Å². The maximum absolute atomic E-state index is 11.5. The van der Waals surface area contributed by atoms with Crippen molar-refractivity contribution >= 4 is 11.5 Å². The summed E-state index contributed by atoms with van der Waals surface area (Å²) < 4.78 is 0. The summed E-state index contributed by atoms with van der Waals surface area (Å²) in [6.45, 7) is 0. The van der Waals surface area contributed by atoms with Crippen LogP contribution in [0, 0.1) is 17.2 Å². The Morgan fingerprint density at radius 3 is 3.08 bits per heavy atom. The minimum absolute atomic E-state index is 0.0796. The van der Waals surface area contributed by atoms with Gasteiger partial charge in [0.25, 0.3) is 0 Å². The normalized spacial score (nSPS) is 22.2. The molecular weight excluding hydrogens is 166 g/mol. The van der Waals surface area contributed by atoms with Gasteiger partial charge in [-0.3, -0.25) is 4.79 Å². The van der Waals surface area contributed by atoms with Gasteiger partial charge in [0.05, 0.1) is 12.5 Å². The van der Waals surface area contributed by atoms with Crippen LogP contribution in [0.5, 0.6) is 0 Å². The van der Waals surface area contributed by atoms with Crippen molar-refractivity contribution in [3.8, 4) is 6.07 Å². The lowest BCUT2D eigenvalue weighted by molar-refractivity contribution is -0.122. The SMILES string of the molecule is N#CCCC1CCCC(=[N+]=[N-])C1=O. The Bertz CT molecular complexity index is 296. The smallest absolute Gasteiger partial charge is 0.334 e. The van der Waals surface area contributed by atoms with E-state index in [2.05, 4.69) is 4.79 Å². The second-order valence-electron chi connectivity index (χ2n) is 3.20. The quantitative estimate of drug-likeness (QED) is 0.471. The number of rotatable bonds is 2. The lowest BCUT2D eigenvalue weighted by Gasteiger charge is -2.15. The third-order valence-corrected chi connectivity index (χ3v) is 2.35. The third-order valence-electron chi connectivity index (χ3n) is 2.35. The van der Waals surface area contributed by atoms with Crippen molar-refractivity contribution < 1.29 is 9.58 Å². The number of Topliss-reactive ketones (excluding diaryl/α,β-unsaturated/α-hetero) is 1. The zero-order valence-corrected chi connectivity index (χ0v) is 7.36. The van der Waals surface area contributed by atoms with Gasteiger partial charge >= 0.3 is 5.71 Å². The molecule has 0 aliphatic heterocycles. The molecule has 0 aromatic heterocycles. The van der Waals surface area contributed by atoms with Crippen molar-refractivity contribution in [2.75, 3.05) is 0 Å². The first-order chi connectivity index (χ1) is 6.29. The van der Waals surface area contributed by atoms with E-state index in [9.17, 15) is 4.79 Å². The van der Waals surface area contributed by atoms with Gasteiger partial charge in [-0.1, -0.05) is 0 Å². The van der Waals surface area contributed by atoms with Crippen LogP contribution in [0.3, 0.4) is 0 Å². The van der Waals surface area contributed by atoms with E-state index in [1.165, 1.54) is 0 Å². The van der Waals surface area contributed by atoms with Crippen molar-refractivity contribution in [3.63, 3.8) is 0 Å². The first kappa shape index (κ1) is 9.63. The first-order valence-corrected chi connectivity index (χ1v) is 4.41. The van der Waals surface area contributed by atoms with Crippen molar-refractivity contribution in [1.82, 2.24) is 0 Å². The molecule has 0 amide bonds. The largest absolute Gasteiger partial charge is 0.361 e. The molecule has 1 saturated carbocycles. The predicted molar refractivity (Wildman–Crippen MR) is 45.8 cm³/mol. The second-order valence-corrected chi connectivity index (χ2v) is 3.20. The first-order valence-electron chi connectivity index (χ1n) is 4.41. The topological polar surface area (TPSA) is 77.3 Å². The standard InChI is InChI=1S/C9H11N3O/c10-6-2-4-7-3-1-5-8(12-11)9(7)13/h7H,1-5H2. The third kappa shape index (κ3) is 2.24. The molecule has 1 fully saturated rings. The van der Waals surface area contributed by atoms with Crippen LogP contribution in [-0.2, 0) is 4.79 Å². The monoisotopic (exact) mass is 177 g/mol. The molecule has 4 nitrogen and oxygen atoms in total. The van der Waals surface area contributed by atoms with E-state index in [4.69, 9.17) is 10.8 Å². The zero-order valence-electron chi connectivity index (χ0n) is 7.36. The van der Waals surface area contributed by atoms with Crippen LogP contribution >= 0.6 is 0 Å². The lowest BCUT2D eigenvalue weighted by Crippen LogP contribution is -2.29. The summed E-state index contributed by atoms with van der Waals surface area (Å²) in [6, 6.07) is 2.01. The van der Waals surface area contributed by atoms with Crippen LogP contribution in [0.2, 0.25) is 0 Å². The summed E-state index contributed by atoms with van der Waals surface area (Å²) in [5.41, 5.74) is 8.78.